The van der Waals surface area contributed by atoms with Gasteiger partial charge in [0.1, 0.15) is 0 Å². The smallest absolute Gasteiger partial charge is 0.0660 e. The molecule has 2 fully saturated rings. The Morgan fingerprint density at radius 3 is 2.87 bits per heavy atom. The summed E-state index contributed by atoms with van der Waals surface area (Å²) in [5.41, 5.74) is 0. The minimum Gasteiger partial charge on any atom is -0.314 e. The van der Waals surface area contributed by atoms with Gasteiger partial charge in [-0.05, 0) is 45.1 Å². The van der Waals surface area contributed by atoms with E-state index in [1.54, 1.807) is 0 Å². The SMILES string of the molecule is C#CC(C)NC1CCCC1C1CCCN1. The zero-order valence-electron chi connectivity index (χ0n) is 9.63. The van der Waals surface area contributed by atoms with Crippen LogP contribution in [0.3, 0.4) is 0 Å². The van der Waals surface area contributed by atoms with Crippen molar-refractivity contribution in [2.45, 2.75) is 57.2 Å². The zero-order chi connectivity index (χ0) is 10.7. The van der Waals surface area contributed by atoms with Crippen molar-refractivity contribution in [3.63, 3.8) is 0 Å². The second-order valence-corrected chi connectivity index (χ2v) is 4.96. The Morgan fingerprint density at radius 1 is 1.33 bits per heavy atom. The monoisotopic (exact) mass is 206 g/mol. The number of nitrogens with one attached hydrogen (secondary N) is 2. The van der Waals surface area contributed by atoms with Gasteiger partial charge in [0.05, 0.1) is 6.04 Å². The summed E-state index contributed by atoms with van der Waals surface area (Å²) < 4.78 is 0. The molecule has 2 rings (SSSR count). The first-order chi connectivity index (χ1) is 7.31. The van der Waals surface area contributed by atoms with E-state index in [0.717, 1.165) is 12.0 Å². The van der Waals surface area contributed by atoms with Crippen LogP contribution >= 0.6 is 0 Å². The summed E-state index contributed by atoms with van der Waals surface area (Å²) in [5, 5.41) is 7.21. The van der Waals surface area contributed by atoms with Gasteiger partial charge in [0, 0.05) is 12.1 Å². The summed E-state index contributed by atoms with van der Waals surface area (Å²) in [6.45, 7) is 3.29. The molecule has 0 amide bonds. The van der Waals surface area contributed by atoms with E-state index in [2.05, 4.69) is 23.5 Å². The summed E-state index contributed by atoms with van der Waals surface area (Å²) >= 11 is 0. The van der Waals surface area contributed by atoms with E-state index in [4.69, 9.17) is 6.42 Å². The Morgan fingerprint density at radius 2 is 2.20 bits per heavy atom. The lowest BCUT2D eigenvalue weighted by atomic mass is 9.93. The van der Waals surface area contributed by atoms with Crippen molar-refractivity contribution in [3.05, 3.63) is 0 Å². The minimum atomic E-state index is 0.219. The maximum atomic E-state index is 5.42. The number of terminal acetylenes is 1. The summed E-state index contributed by atoms with van der Waals surface area (Å²) in [6.07, 6.45) is 12.1. The first-order valence-electron chi connectivity index (χ1n) is 6.27. The highest BCUT2D eigenvalue weighted by Gasteiger charge is 2.34. The van der Waals surface area contributed by atoms with Gasteiger partial charge in [0.15, 0.2) is 0 Å². The van der Waals surface area contributed by atoms with Crippen LogP contribution in [0.4, 0.5) is 0 Å². The summed E-state index contributed by atoms with van der Waals surface area (Å²) in [6, 6.07) is 1.61. The number of rotatable bonds is 3. The van der Waals surface area contributed by atoms with Gasteiger partial charge in [-0.3, -0.25) is 0 Å². The van der Waals surface area contributed by atoms with Gasteiger partial charge < -0.3 is 10.6 Å². The number of hydrogen-bond donors (Lipinski definition) is 2. The van der Waals surface area contributed by atoms with Crippen LogP contribution in [0.1, 0.15) is 39.0 Å². The minimum absolute atomic E-state index is 0.219. The molecule has 0 aromatic carbocycles. The van der Waals surface area contributed by atoms with E-state index in [1.807, 2.05) is 0 Å². The molecule has 0 radical (unpaired) electrons. The van der Waals surface area contributed by atoms with Crippen LogP contribution < -0.4 is 10.6 Å². The molecule has 1 heterocycles. The fourth-order valence-electron chi connectivity index (χ4n) is 3.12. The Balaban J connectivity index is 1.90. The van der Waals surface area contributed by atoms with Crippen LogP contribution in [0, 0.1) is 18.3 Å². The van der Waals surface area contributed by atoms with Crippen LogP contribution in [-0.4, -0.2) is 24.7 Å². The van der Waals surface area contributed by atoms with E-state index in [-0.39, 0.29) is 6.04 Å². The maximum Gasteiger partial charge on any atom is 0.0660 e. The first-order valence-corrected chi connectivity index (χ1v) is 6.27. The quantitative estimate of drug-likeness (QED) is 0.684. The molecular weight excluding hydrogens is 184 g/mol. The highest BCUT2D eigenvalue weighted by atomic mass is 15.0. The standard InChI is InChI=1S/C13H22N2/c1-3-10(2)15-13-7-4-6-11(13)12-8-5-9-14-12/h1,10-15H,4-9H2,2H3. The molecule has 0 aromatic heterocycles. The lowest BCUT2D eigenvalue weighted by molar-refractivity contribution is 0.315. The summed E-state index contributed by atoms with van der Waals surface area (Å²) in [4.78, 5) is 0. The van der Waals surface area contributed by atoms with Gasteiger partial charge in [-0.15, -0.1) is 6.42 Å². The van der Waals surface area contributed by atoms with Gasteiger partial charge >= 0.3 is 0 Å². The van der Waals surface area contributed by atoms with Crippen molar-refractivity contribution in [2.75, 3.05) is 6.54 Å². The molecule has 2 N–H and O–H groups in total. The first kappa shape index (κ1) is 11.0. The second-order valence-electron chi connectivity index (χ2n) is 4.96. The second kappa shape index (κ2) is 5.01. The van der Waals surface area contributed by atoms with Crippen molar-refractivity contribution in [1.29, 1.82) is 0 Å². The third-order valence-electron chi connectivity index (χ3n) is 3.90. The highest BCUT2D eigenvalue weighted by Crippen LogP contribution is 2.32. The molecule has 0 aromatic rings. The van der Waals surface area contributed by atoms with E-state index < -0.39 is 0 Å². The molecule has 2 heteroatoms. The molecule has 1 aliphatic heterocycles. The molecular formula is C13H22N2. The highest BCUT2D eigenvalue weighted by molar-refractivity contribution is 5.01. The fourth-order valence-corrected chi connectivity index (χ4v) is 3.12. The molecule has 84 valence electrons. The topological polar surface area (TPSA) is 24.1 Å². The molecule has 0 bridgehead atoms. The third kappa shape index (κ3) is 2.53. The normalized spacial score (nSPS) is 37.7. The predicted octanol–water partition coefficient (Wildman–Crippen LogP) is 1.52. The molecule has 4 atom stereocenters. The number of hydrogen-bond acceptors (Lipinski definition) is 2. The van der Waals surface area contributed by atoms with Crippen LogP contribution in [0.2, 0.25) is 0 Å². The van der Waals surface area contributed by atoms with E-state index in [9.17, 15) is 0 Å². The van der Waals surface area contributed by atoms with E-state index >= 15 is 0 Å². The van der Waals surface area contributed by atoms with Crippen LogP contribution in [0.5, 0.6) is 0 Å². The Bertz CT molecular complexity index is 237. The molecule has 15 heavy (non-hydrogen) atoms. The molecule has 2 aliphatic rings. The van der Waals surface area contributed by atoms with E-state index in [1.165, 1.54) is 38.6 Å². The maximum absolute atomic E-state index is 5.42. The lowest BCUT2D eigenvalue weighted by Gasteiger charge is -2.27. The van der Waals surface area contributed by atoms with Gasteiger partial charge in [-0.2, -0.15) is 0 Å². The lowest BCUT2D eigenvalue weighted by Crippen LogP contribution is -2.44. The molecule has 4 unspecified atom stereocenters. The predicted molar refractivity (Wildman–Crippen MR) is 63.6 cm³/mol. The molecule has 2 nitrogen and oxygen atoms in total. The zero-order valence-corrected chi connectivity index (χ0v) is 9.63. The van der Waals surface area contributed by atoms with Gasteiger partial charge in [-0.1, -0.05) is 12.3 Å². The van der Waals surface area contributed by atoms with Crippen molar-refractivity contribution in [3.8, 4) is 12.3 Å². The van der Waals surface area contributed by atoms with Crippen molar-refractivity contribution >= 4 is 0 Å². The summed E-state index contributed by atoms with van der Waals surface area (Å²) in [5.74, 6) is 3.58. The average molecular weight is 206 g/mol. The van der Waals surface area contributed by atoms with Crippen LogP contribution in [-0.2, 0) is 0 Å². The Labute approximate surface area is 93.2 Å². The third-order valence-corrected chi connectivity index (χ3v) is 3.90. The average Bonchev–Trinajstić information content (AvgIpc) is 2.86. The van der Waals surface area contributed by atoms with Crippen molar-refractivity contribution < 1.29 is 0 Å². The van der Waals surface area contributed by atoms with Gasteiger partial charge in [-0.25, -0.2) is 0 Å². The summed E-state index contributed by atoms with van der Waals surface area (Å²) in [7, 11) is 0. The van der Waals surface area contributed by atoms with Gasteiger partial charge in [0.25, 0.3) is 0 Å². The fraction of sp³-hybridized carbons (Fsp3) is 0.846. The largest absolute Gasteiger partial charge is 0.314 e. The van der Waals surface area contributed by atoms with Crippen LogP contribution in [0.25, 0.3) is 0 Å². The van der Waals surface area contributed by atoms with Gasteiger partial charge in [0.2, 0.25) is 0 Å². The Hall–Kier alpha value is -0.520. The van der Waals surface area contributed by atoms with Crippen LogP contribution in [0.15, 0.2) is 0 Å². The molecule has 0 spiro atoms. The van der Waals surface area contributed by atoms with E-state index in [0.29, 0.717) is 6.04 Å². The molecule has 1 saturated heterocycles. The molecule has 1 saturated carbocycles. The molecule has 1 aliphatic carbocycles. The van der Waals surface area contributed by atoms with Crippen molar-refractivity contribution in [2.24, 2.45) is 5.92 Å². The van der Waals surface area contributed by atoms with Crippen molar-refractivity contribution in [1.82, 2.24) is 10.6 Å². The Kier molecular flexibility index (Phi) is 3.66.